The quantitative estimate of drug-likeness (QED) is 0.845. The standard InChI is InChI=1S/C17H23NO3/c1-17(21-16(18)20,14-5-3-2-4-6-14)15-9-7-13(8-10-15)11-12-19/h2-6,12-13,15H,7-11H2,1H3,(H2,18,20). The van der Waals surface area contributed by atoms with Gasteiger partial charge in [0.05, 0.1) is 0 Å². The van der Waals surface area contributed by atoms with Crippen LogP contribution in [-0.4, -0.2) is 12.4 Å². The summed E-state index contributed by atoms with van der Waals surface area (Å²) in [6.07, 6.45) is 4.76. The van der Waals surface area contributed by atoms with Crippen LogP contribution in [0.2, 0.25) is 0 Å². The van der Waals surface area contributed by atoms with E-state index in [1.807, 2.05) is 37.3 Å². The van der Waals surface area contributed by atoms with Crippen LogP contribution in [0.1, 0.15) is 44.6 Å². The molecule has 0 heterocycles. The highest BCUT2D eigenvalue weighted by atomic mass is 16.6. The van der Waals surface area contributed by atoms with Gasteiger partial charge in [0.2, 0.25) is 0 Å². The van der Waals surface area contributed by atoms with Crippen molar-refractivity contribution < 1.29 is 14.3 Å². The zero-order valence-corrected chi connectivity index (χ0v) is 12.5. The number of carbonyl (C=O) groups is 2. The van der Waals surface area contributed by atoms with Gasteiger partial charge in [-0.05, 0) is 44.1 Å². The van der Waals surface area contributed by atoms with Crippen LogP contribution >= 0.6 is 0 Å². The lowest BCUT2D eigenvalue weighted by molar-refractivity contribution is -0.109. The summed E-state index contributed by atoms with van der Waals surface area (Å²) in [5, 5.41) is 0. The predicted octanol–water partition coefficient (Wildman–Crippen LogP) is 3.39. The molecular formula is C17H23NO3. The average Bonchev–Trinajstić information content (AvgIpc) is 2.48. The molecule has 1 aliphatic carbocycles. The number of carbonyl (C=O) groups excluding carboxylic acids is 2. The minimum absolute atomic E-state index is 0.232. The van der Waals surface area contributed by atoms with Crippen LogP contribution in [0.15, 0.2) is 30.3 Å². The van der Waals surface area contributed by atoms with Gasteiger partial charge in [-0.15, -0.1) is 0 Å². The monoisotopic (exact) mass is 289 g/mol. The number of rotatable bonds is 5. The Morgan fingerprint density at radius 1 is 1.29 bits per heavy atom. The molecule has 114 valence electrons. The van der Waals surface area contributed by atoms with Gasteiger partial charge in [0.1, 0.15) is 11.9 Å². The topological polar surface area (TPSA) is 69.4 Å². The van der Waals surface area contributed by atoms with Gasteiger partial charge in [-0.1, -0.05) is 30.3 Å². The van der Waals surface area contributed by atoms with Gasteiger partial charge in [0, 0.05) is 12.3 Å². The SMILES string of the molecule is CC(OC(N)=O)(c1ccccc1)C1CCC(CC=O)CC1. The Morgan fingerprint density at radius 3 is 2.43 bits per heavy atom. The van der Waals surface area contributed by atoms with Crippen LogP contribution in [0.4, 0.5) is 4.79 Å². The third kappa shape index (κ3) is 3.63. The Hall–Kier alpha value is -1.84. The Bertz CT molecular complexity index is 480. The first-order valence-electron chi connectivity index (χ1n) is 7.54. The number of amides is 1. The lowest BCUT2D eigenvalue weighted by atomic mass is 9.71. The molecule has 1 aliphatic rings. The van der Waals surface area contributed by atoms with Crippen molar-refractivity contribution in [3.8, 4) is 0 Å². The second-order valence-corrected chi connectivity index (χ2v) is 6.01. The Balaban J connectivity index is 2.17. The number of nitrogens with two attached hydrogens (primary N) is 1. The van der Waals surface area contributed by atoms with E-state index in [1.165, 1.54) is 0 Å². The van der Waals surface area contributed by atoms with Gasteiger partial charge in [0.15, 0.2) is 0 Å². The minimum Gasteiger partial charge on any atom is -0.438 e. The molecule has 4 nitrogen and oxygen atoms in total. The van der Waals surface area contributed by atoms with E-state index in [0.717, 1.165) is 37.5 Å². The van der Waals surface area contributed by atoms with E-state index in [-0.39, 0.29) is 5.92 Å². The molecule has 1 amide bonds. The van der Waals surface area contributed by atoms with Crippen LogP contribution in [0.5, 0.6) is 0 Å². The predicted molar refractivity (Wildman–Crippen MR) is 80.6 cm³/mol. The van der Waals surface area contributed by atoms with Crippen molar-refractivity contribution in [2.45, 2.75) is 44.6 Å². The highest BCUT2D eigenvalue weighted by molar-refractivity contribution is 5.65. The highest BCUT2D eigenvalue weighted by Crippen LogP contribution is 2.43. The summed E-state index contributed by atoms with van der Waals surface area (Å²) in [5.41, 5.74) is 5.57. The van der Waals surface area contributed by atoms with Crippen LogP contribution < -0.4 is 5.73 Å². The molecule has 1 aromatic rings. The average molecular weight is 289 g/mol. The summed E-state index contributed by atoms with van der Waals surface area (Å²) in [7, 11) is 0. The van der Waals surface area contributed by atoms with Crippen LogP contribution in [0.25, 0.3) is 0 Å². The molecule has 1 fully saturated rings. The first-order valence-corrected chi connectivity index (χ1v) is 7.54. The Kier molecular flexibility index (Phi) is 4.99. The molecule has 0 radical (unpaired) electrons. The van der Waals surface area contributed by atoms with Gasteiger partial charge < -0.3 is 15.3 Å². The zero-order chi connectivity index (χ0) is 15.3. The maximum atomic E-state index is 11.4. The zero-order valence-electron chi connectivity index (χ0n) is 12.5. The van der Waals surface area contributed by atoms with Crippen molar-refractivity contribution in [2.75, 3.05) is 0 Å². The Labute approximate surface area is 125 Å². The lowest BCUT2D eigenvalue weighted by Crippen LogP contribution is -2.40. The van der Waals surface area contributed by atoms with E-state index in [0.29, 0.717) is 12.3 Å². The molecule has 4 heteroatoms. The van der Waals surface area contributed by atoms with Crippen molar-refractivity contribution in [2.24, 2.45) is 17.6 Å². The van der Waals surface area contributed by atoms with Gasteiger partial charge in [-0.2, -0.15) is 0 Å². The van der Waals surface area contributed by atoms with E-state index in [9.17, 15) is 9.59 Å². The third-order valence-electron chi connectivity index (χ3n) is 4.71. The second kappa shape index (κ2) is 6.74. The van der Waals surface area contributed by atoms with E-state index in [1.54, 1.807) is 0 Å². The van der Waals surface area contributed by atoms with Crippen LogP contribution in [0.3, 0.4) is 0 Å². The maximum Gasteiger partial charge on any atom is 0.405 e. The smallest absolute Gasteiger partial charge is 0.405 e. The van der Waals surface area contributed by atoms with Crippen molar-refractivity contribution >= 4 is 12.4 Å². The molecule has 2 N–H and O–H groups in total. The summed E-state index contributed by atoms with van der Waals surface area (Å²) in [6.45, 7) is 1.94. The summed E-state index contributed by atoms with van der Waals surface area (Å²) in [6, 6.07) is 9.77. The molecule has 1 aromatic carbocycles. The first-order chi connectivity index (χ1) is 10.1. The fraction of sp³-hybridized carbons (Fsp3) is 0.529. The molecule has 1 atom stereocenters. The third-order valence-corrected chi connectivity index (χ3v) is 4.71. The van der Waals surface area contributed by atoms with Crippen molar-refractivity contribution in [1.29, 1.82) is 0 Å². The fourth-order valence-corrected chi connectivity index (χ4v) is 3.44. The summed E-state index contributed by atoms with van der Waals surface area (Å²) >= 11 is 0. The van der Waals surface area contributed by atoms with Gasteiger partial charge in [-0.25, -0.2) is 4.79 Å². The van der Waals surface area contributed by atoms with E-state index >= 15 is 0 Å². The molecule has 2 rings (SSSR count). The largest absolute Gasteiger partial charge is 0.438 e. The molecule has 21 heavy (non-hydrogen) atoms. The van der Waals surface area contributed by atoms with Gasteiger partial charge in [0.25, 0.3) is 0 Å². The number of hydrogen-bond acceptors (Lipinski definition) is 3. The normalized spacial score (nSPS) is 24.8. The maximum absolute atomic E-state index is 11.4. The van der Waals surface area contributed by atoms with E-state index in [2.05, 4.69) is 0 Å². The summed E-state index contributed by atoms with van der Waals surface area (Å²) in [4.78, 5) is 22.0. The number of primary amides is 1. The number of hydrogen-bond donors (Lipinski definition) is 1. The Morgan fingerprint density at radius 2 is 1.90 bits per heavy atom. The van der Waals surface area contributed by atoms with Crippen molar-refractivity contribution in [3.05, 3.63) is 35.9 Å². The molecular weight excluding hydrogens is 266 g/mol. The van der Waals surface area contributed by atoms with E-state index in [4.69, 9.17) is 10.5 Å². The van der Waals surface area contributed by atoms with Crippen LogP contribution in [0, 0.1) is 11.8 Å². The second-order valence-electron chi connectivity index (χ2n) is 6.01. The summed E-state index contributed by atoms with van der Waals surface area (Å²) in [5.74, 6) is 0.697. The molecule has 1 unspecified atom stereocenters. The van der Waals surface area contributed by atoms with Gasteiger partial charge >= 0.3 is 6.09 Å². The minimum atomic E-state index is -0.739. The van der Waals surface area contributed by atoms with Gasteiger partial charge in [-0.3, -0.25) is 0 Å². The number of benzene rings is 1. The van der Waals surface area contributed by atoms with E-state index < -0.39 is 11.7 Å². The number of aldehydes is 1. The number of ether oxygens (including phenoxy) is 1. The van der Waals surface area contributed by atoms with Crippen molar-refractivity contribution in [3.63, 3.8) is 0 Å². The molecule has 0 saturated heterocycles. The molecule has 0 aromatic heterocycles. The fourth-order valence-electron chi connectivity index (χ4n) is 3.44. The molecule has 0 bridgehead atoms. The highest BCUT2D eigenvalue weighted by Gasteiger charge is 2.41. The van der Waals surface area contributed by atoms with Crippen molar-refractivity contribution in [1.82, 2.24) is 0 Å². The van der Waals surface area contributed by atoms with Crippen LogP contribution in [-0.2, 0) is 15.1 Å². The molecule has 1 saturated carbocycles. The summed E-state index contributed by atoms with van der Waals surface area (Å²) < 4.78 is 5.53. The lowest BCUT2D eigenvalue weighted by Gasteiger charge is -2.40. The molecule has 0 spiro atoms. The first kappa shape index (κ1) is 15.5. The molecule has 0 aliphatic heterocycles.